The molecule has 12 heteroatoms. The minimum atomic E-state index is -1.75. The number of aromatic hydroxyl groups is 4. The summed E-state index contributed by atoms with van der Waals surface area (Å²) in [4.78, 5) is 12.8. The maximum atomic E-state index is 12.8. The van der Waals surface area contributed by atoms with E-state index in [0.29, 0.717) is 5.56 Å². The molecule has 2 heterocycles. The molecule has 0 radical (unpaired) electrons. The smallest absolute Gasteiger partial charge is 0.204 e. The first-order valence-corrected chi connectivity index (χ1v) is 11.4. The van der Waals surface area contributed by atoms with Gasteiger partial charge in [-0.1, -0.05) is 0 Å². The average Bonchev–Trinajstić information content (AvgIpc) is 2.89. The van der Waals surface area contributed by atoms with Crippen molar-refractivity contribution in [2.45, 2.75) is 24.4 Å². The van der Waals surface area contributed by atoms with Crippen LogP contribution in [0.2, 0.25) is 0 Å². The van der Waals surface area contributed by atoms with Crippen LogP contribution in [-0.2, 0) is 0 Å². The van der Waals surface area contributed by atoms with Crippen LogP contribution in [0, 0.1) is 0 Å². The largest absolute Gasteiger partial charge is 0.508 e. The zero-order chi connectivity index (χ0) is 27.3. The number of hydrogen-bond acceptors (Lipinski definition) is 12. The molecule has 0 aliphatic carbocycles. The number of carbonyl (C=O) groups excluding carboxylic acids is 1. The lowest BCUT2D eigenvalue weighted by molar-refractivity contribution is -0.0148. The number of fused-ring (bicyclic) bond motifs is 2. The summed E-state index contributed by atoms with van der Waals surface area (Å²) in [6, 6.07) is 7.62. The third kappa shape index (κ3) is 3.99. The molecule has 0 saturated carbocycles. The van der Waals surface area contributed by atoms with Crippen molar-refractivity contribution in [1.82, 2.24) is 0 Å². The first kappa shape index (κ1) is 25.1. The molecule has 38 heavy (non-hydrogen) atoms. The van der Waals surface area contributed by atoms with Crippen LogP contribution >= 0.6 is 0 Å². The summed E-state index contributed by atoms with van der Waals surface area (Å²) in [6.07, 6.45) is -5.02. The van der Waals surface area contributed by atoms with E-state index in [-0.39, 0.29) is 51.4 Å². The lowest BCUT2D eigenvalue weighted by atomic mass is 9.92. The van der Waals surface area contributed by atoms with Gasteiger partial charge in [0, 0.05) is 23.3 Å². The summed E-state index contributed by atoms with van der Waals surface area (Å²) in [5.74, 6) is -2.43. The molecule has 0 fully saturated rings. The van der Waals surface area contributed by atoms with E-state index in [2.05, 4.69) is 0 Å². The van der Waals surface area contributed by atoms with Crippen molar-refractivity contribution in [3.8, 4) is 51.7 Å². The van der Waals surface area contributed by atoms with E-state index in [1.807, 2.05) is 0 Å². The Morgan fingerprint density at radius 2 is 1.45 bits per heavy atom. The first-order chi connectivity index (χ1) is 18.2. The fourth-order valence-corrected chi connectivity index (χ4v) is 4.56. The van der Waals surface area contributed by atoms with Crippen LogP contribution in [0.1, 0.15) is 33.7 Å². The maximum Gasteiger partial charge on any atom is 0.204 e. The standard InChI is InChI=1S/C26H24O12/c1-34-16-4-11(5-17(35-2)21(16)31)24-19(9-27)36-18-6-10(3-14(30)26(18)38-24)25-23(33)22(32)20-13(29)7-12(28)8-15(20)37-25/h3-8,19,23-25,27-31,33H,9H2,1-2H3/t19-,23+,24-,25-/m1/s1. The van der Waals surface area contributed by atoms with Crippen molar-refractivity contribution in [2.24, 2.45) is 0 Å². The van der Waals surface area contributed by atoms with Gasteiger partial charge < -0.3 is 54.3 Å². The van der Waals surface area contributed by atoms with Crippen molar-refractivity contribution in [1.29, 1.82) is 0 Å². The molecule has 0 unspecified atom stereocenters. The number of aliphatic hydroxyl groups is 2. The summed E-state index contributed by atoms with van der Waals surface area (Å²) in [5.41, 5.74) is 0.260. The minimum absolute atomic E-state index is 0.000750. The Balaban J connectivity index is 1.52. The van der Waals surface area contributed by atoms with Gasteiger partial charge in [-0.2, -0.15) is 0 Å². The van der Waals surface area contributed by atoms with Gasteiger partial charge in [0.1, 0.15) is 22.8 Å². The first-order valence-electron chi connectivity index (χ1n) is 11.4. The molecule has 0 aromatic heterocycles. The number of ketones is 1. The molecular formula is C26H24O12. The van der Waals surface area contributed by atoms with Gasteiger partial charge in [0.05, 0.1) is 20.8 Å². The van der Waals surface area contributed by atoms with E-state index in [1.54, 1.807) is 0 Å². The highest BCUT2D eigenvalue weighted by Gasteiger charge is 2.41. The molecular weight excluding hydrogens is 504 g/mol. The third-order valence-corrected chi connectivity index (χ3v) is 6.38. The quantitative estimate of drug-likeness (QED) is 0.284. The Morgan fingerprint density at radius 1 is 0.789 bits per heavy atom. The van der Waals surface area contributed by atoms with Gasteiger partial charge in [-0.25, -0.2) is 0 Å². The topological polar surface area (TPSA) is 185 Å². The van der Waals surface area contributed by atoms with Crippen molar-refractivity contribution in [3.63, 3.8) is 0 Å². The zero-order valence-corrected chi connectivity index (χ0v) is 20.1. The average molecular weight is 528 g/mol. The monoisotopic (exact) mass is 528 g/mol. The van der Waals surface area contributed by atoms with Crippen LogP contribution < -0.4 is 23.7 Å². The second kappa shape index (κ2) is 9.39. The molecule has 3 aromatic carbocycles. The predicted molar refractivity (Wildman–Crippen MR) is 128 cm³/mol. The Hall–Kier alpha value is -4.55. The summed E-state index contributed by atoms with van der Waals surface area (Å²) >= 11 is 0. The lowest BCUT2D eigenvalue weighted by Gasteiger charge is -2.35. The molecule has 0 saturated heterocycles. The van der Waals surface area contributed by atoms with E-state index in [0.717, 1.165) is 12.1 Å². The van der Waals surface area contributed by atoms with Gasteiger partial charge >= 0.3 is 0 Å². The summed E-state index contributed by atoms with van der Waals surface area (Å²) in [6.45, 7) is -0.506. The van der Waals surface area contributed by atoms with Crippen molar-refractivity contribution in [2.75, 3.05) is 20.8 Å². The second-order valence-electron chi connectivity index (χ2n) is 8.70. The van der Waals surface area contributed by atoms with Gasteiger partial charge in [0.2, 0.25) is 17.3 Å². The molecule has 4 atom stereocenters. The number of benzene rings is 3. The molecule has 0 bridgehead atoms. The molecule has 0 spiro atoms. The Morgan fingerprint density at radius 3 is 2.08 bits per heavy atom. The van der Waals surface area contributed by atoms with Crippen molar-refractivity contribution in [3.05, 3.63) is 53.1 Å². The van der Waals surface area contributed by atoms with Gasteiger partial charge in [-0.15, -0.1) is 0 Å². The van der Waals surface area contributed by atoms with Crippen LogP contribution in [0.4, 0.5) is 0 Å². The Bertz CT molecular complexity index is 1390. The van der Waals surface area contributed by atoms with E-state index in [1.165, 1.54) is 38.5 Å². The Kier molecular flexibility index (Phi) is 6.21. The highest BCUT2D eigenvalue weighted by molar-refractivity contribution is 6.05. The Labute approximate surface area is 215 Å². The molecule has 12 nitrogen and oxygen atoms in total. The number of methoxy groups -OCH3 is 2. The predicted octanol–water partition coefficient (Wildman–Crippen LogP) is 2.08. The molecule has 3 aromatic rings. The van der Waals surface area contributed by atoms with Crippen LogP contribution in [0.15, 0.2) is 36.4 Å². The number of carbonyl (C=O) groups is 1. The number of hydrogen-bond donors (Lipinski definition) is 6. The number of ether oxygens (including phenoxy) is 5. The number of aliphatic hydroxyl groups excluding tert-OH is 2. The summed E-state index contributed by atoms with van der Waals surface area (Å²) < 4.78 is 28.0. The highest BCUT2D eigenvalue weighted by atomic mass is 16.6. The van der Waals surface area contributed by atoms with E-state index in [9.17, 15) is 35.4 Å². The molecule has 200 valence electrons. The normalized spacial score (nSPS) is 21.8. The van der Waals surface area contributed by atoms with Gasteiger partial charge in [0.25, 0.3) is 0 Å². The lowest BCUT2D eigenvalue weighted by Crippen LogP contribution is -2.37. The van der Waals surface area contributed by atoms with Crippen LogP contribution in [0.5, 0.6) is 51.7 Å². The van der Waals surface area contributed by atoms with Gasteiger partial charge in [-0.3, -0.25) is 4.79 Å². The zero-order valence-electron chi connectivity index (χ0n) is 20.1. The number of rotatable bonds is 5. The fraction of sp³-hybridized carbons (Fsp3) is 0.269. The third-order valence-electron chi connectivity index (χ3n) is 6.38. The van der Waals surface area contributed by atoms with Crippen molar-refractivity contribution < 1.29 is 59.1 Å². The number of phenols is 4. The molecule has 6 N–H and O–H groups in total. The van der Waals surface area contributed by atoms with E-state index in [4.69, 9.17) is 23.7 Å². The van der Waals surface area contributed by atoms with E-state index >= 15 is 0 Å². The van der Waals surface area contributed by atoms with Crippen LogP contribution in [0.3, 0.4) is 0 Å². The highest BCUT2D eigenvalue weighted by Crippen LogP contribution is 2.50. The van der Waals surface area contributed by atoms with Gasteiger partial charge in [0.15, 0.2) is 47.4 Å². The molecule has 2 aliphatic rings. The SMILES string of the molecule is COc1cc([C@H]2Oc3c(O)cc([C@H]4Oc5cc(O)cc(O)c5C(=O)[C@@H]4O)cc3O[C@@H]2CO)cc(OC)c1O. The minimum Gasteiger partial charge on any atom is -0.508 e. The number of phenolic OH excluding ortho intramolecular Hbond substituents is 4. The second-order valence-corrected chi connectivity index (χ2v) is 8.70. The fourth-order valence-electron chi connectivity index (χ4n) is 4.56. The maximum absolute atomic E-state index is 12.8. The van der Waals surface area contributed by atoms with Crippen molar-refractivity contribution >= 4 is 5.78 Å². The van der Waals surface area contributed by atoms with Gasteiger partial charge in [-0.05, 0) is 24.3 Å². The summed E-state index contributed by atoms with van der Waals surface area (Å²) in [7, 11) is 2.71. The summed E-state index contributed by atoms with van der Waals surface area (Å²) in [5, 5.41) is 61.6. The van der Waals surface area contributed by atoms with E-state index < -0.39 is 48.3 Å². The molecule has 5 rings (SSSR count). The molecule has 0 amide bonds. The van der Waals surface area contributed by atoms with Crippen LogP contribution in [-0.4, -0.2) is 69.5 Å². The van der Waals surface area contributed by atoms with Crippen LogP contribution in [0.25, 0.3) is 0 Å². The number of Topliss-reactive ketones (excluding diaryl/α,β-unsaturated/α-hetero) is 1. The molecule has 2 aliphatic heterocycles.